The molecule has 0 bridgehead atoms. The lowest BCUT2D eigenvalue weighted by Gasteiger charge is -2.28. The number of pyridine rings is 1. The molecule has 1 heterocycles. The van der Waals surface area contributed by atoms with E-state index in [1.807, 2.05) is 12.3 Å². The fourth-order valence-corrected chi connectivity index (χ4v) is 4.49. The van der Waals surface area contributed by atoms with E-state index < -0.39 is 0 Å². The van der Waals surface area contributed by atoms with Gasteiger partial charge in [0.25, 0.3) is 0 Å². The van der Waals surface area contributed by atoms with Gasteiger partial charge in [-0.1, -0.05) is 89.5 Å². The van der Waals surface area contributed by atoms with Gasteiger partial charge in [-0.05, 0) is 48.8 Å². The third kappa shape index (κ3) is 7.17. The second-order valence-electron chi connectivity index (χ2n) is 8.85. The Labute approximate surface area is 178 Å². The van der Waals surface area contributed by atoms with Crippen LogP contribution in [0.25, 0.3) is 11.3 Å². The number of benzene rings is 1. The molecule has 1 fully saturated rings. The maximum absolute atomic E-state index is 5.71. The van der Waals surface area contributed by atoms with Crippen LogP contribution < -0.4 is 4.74 Å². The van der Waals surface area contributed by atoms with Crippen LogP contribution in [0.15, 0.2) is 42.6 Å². The first-order valence-corrected chi connectivity index (χ1v) is 12.0. The predicted molar refractivity (Wildman–Crippen MR) is 123 cm³/mol. The lowest BCUT2D eigenvalue weighted by molar-refractivity contribution is 0.250. The van der Waals surface area contributed by atoms with Gasteiger partial charge in [0, 0.05) is 5.56 Å². The van der Waals surface area contributed by atoms with Crippen molar-refractivity contribution in [2.75, 3.05) is 6.61 Å². The number of rotatable bonds is 11. The molecule has 2 nitrogen and oxygen atoms in total. The molecule has 0 N–H and O–H groups in total. The third-order valence-corrected chi connectivity index (χ3v) is 6.53. The first-order chi connectivity index (χ1) is 14.3. The van der Waals surface area contributed by atoms with Gasteiger partial charge in [-0.2, -0.15) is 0 Å². The van der Waals surface area contributed by atoms with E-state index in [4.69, 9.17) is 4.74 Å². The summed E-state index contributed by atoms with van der Waals surface area (Å²) in [5.74, 6) is 2.82. The number of aryl methyl sites for hydroxylation is 1. The van der Waals surface area contributed by atoms with Gasteiger partial charge in [0.05, 0.1) is 18.5 Å². The maximum atomic E-state index is 5.71. The van der Waals surface area contributed by atoms with Crippen LogP contribution in [0.4, 0.5) is 0 Å². The Morgan fingerprint density at radius 3 is 2.14 bits per heavy atom. The van der Waals surface area contributed by atoms with Crippen molar-refractivity contribution in [2.45, 2.75) is 84.5 Å². The zero-order chi connectivity index (χ0) is 20.3. The van der Waals surface area contributed by atoms with Crippen LogP contribution in [-0.2, 0) is 6.42 Å². The van der Waals surface area contributed by atoms with Gasteiger partial charge in [-0.15, -0.1) is 0 Å². The Morgan fingerprint density at radius 2 is 1.52 bits per heavy atom. The Kier molecular flexibility index (Phi) is 9.05. The van der Waals surface area contributed by atoms with Gasteiger partial charge in [-0.25, -0.2) is 0 Å². The first-order valence-electron chi connectivity index (χ1n) is 12.0. The number of unbranched alkanes of at least 4 members (excludes halogenated alkanes) is 2. The van der Waals surface area contributed by atoms with E-state index in [0.717, 1.165) is 42.7 Å². The van der Waals surface area contributed by atoms with Crippen molar-refractivity contribution in [3.63, 3.8) is 0 Å². The Bertz CT molecular complexity index is 683. The second-order valence-corrected chi connectivity index (χ2v) is 8.85. The van der Waals surface area contributed by atoms with Crippen molar-refractivity contribution in [1.29, 1.82) is 0 Å². The highest BCUT2D eigenvalue weighted by molar-refractivity contribution is 5.59. The molecule has 0 atom stereocenters. The Balaban J connectivity index is 1.43. The standard InChI is InChI=1S/C27H39NO/c1-3-5-7-22-8-10-23(11-9-22)12-13-24-14-16-25(17-15-24)27-19-18-26(21-28-27)29-20-6-4-2/h14-19,21-23H,3-13,20H2,1-2H3. The van der Waals surface area contributed by atoms with Crippen molar-refractivity contribution in [3.8, 4) is 17.0 Å². The number of hydrogen-bond acceptors (Lipinski definition) is 2. The fraction of sp³-hybridized carbons (Fsp3) is 0.593. The monoisotopic (exact) mass is 393 g/mol. The van der Waals surface area contributed by atoms with Crippen LogP contribution in [0.1, 0.15) is 83.6 Å². The molecule has 0 aliphatic heterocycles. The molecule has 1 aliphatic rings. The zero-order valence-electron chi connectivity index (χ0n) is 18.5. The van der Waals surface area contributed by atoms with E-state index in [0.29, 0.717) is 0 Å². The highest BCUT2D eigenvalue weighted by Crippen LogP contribution is 2.34. The predicted octanol–water partition coefficient (Wildman–Crippen LogP) is 7.86. The van der Waals surface area contributed by atoms with Gasteiger partial charge in [0.1, 0.15) is 5.75 Å². The normalized spacial score (nSPS) is 19.2. The van der Waals surface area contributed by atoms with Gasteiger partial charge in [-0.3, -0.25) is 4.98 Å². The SMILES string of the molecule is CCCCOc1ccc(-c2ccc(CCC3CCC(CCCC)CC3)cc2)nc1. The lowest BCUT2D eigenvalue weighted by Crippen LogP contribution is -2.15. The molecule has 158 valence electrons. The minimum absolute atomic E-state index is 0.770. The largest absolute Gasteiger partial charge is 0.492 e. The molecule has 0 saturated heterocycles. The van der Waals surface area contributed by atoms with E-state index in [1.54, 1.807) is 0 Å². The molecular formula is C27H39NO. The highest BCUT2D eigenvalue weighted by atomic mass is 16.5. The minimum Gasteiger partial charge on any atom is -0.492 e. The number of hydrogen-bond donors (Lipinski definition) is 0. The van der Waals surface area contributed by atoms with Crippen molar-refractivity contribution in [2.24, 2.45) is 11.8 Å². The summed E-state index contributed by atoms with van der Waals surface area (Å²) in [7, 11) is 0. The Morgan fingerprint density at radius 1 is 0.828 bits per heavy atom. The summed E-state index contributed by atoms with van der Waals surface area (Å²) < 4.78 is 5.71. The molecule has 1 aromatic heterocycles. The summed E-state index contributed by atoms with van der Waals surface area (Å²) in [5, 5.41) is 0. The Hall–Kier alpha value is -1.83. The van der Waals surface area contributed by atoms with Crippen molar-refractivity contribution in [3.05, 3.63) is 48.2 Å². The lowest BCUT2D eigenvalue weighted by atomic mass is 9.78. The van der Waals surface area contributed by atoms with E-state index in [-0.39, 0.29) is 0 Å². The van der Waals surface area contributed by atoms with Gasteiger partial charge >= 0.3 is 0 Å². The molecule has 0 spiro atoms. The van der Waals surface area contributed by atoms with E-state index in [9.17, 15) is 0 Å². The molecule has 3 rings (SSSR count). The maximum Gasteiger partial charge on any atom is 0.137 e. The molecule has 0 unspecified atom stereocenters. The highest BCUT2D eigenvalue weighted by Gasteiger charge is 2.20. The van der Waals surface area contributed by atoms with Crippen LogP contribution in [-0.4, -0.2) is 11.6 Å². The molecule has 29 heavy (non-hydrogen) atoms. The van der Waals surface area contributed by atoms with E-state index in [1.165, 1.54) is 68.9 Å². The fourth-order valence-electron chi connectivity index (χ4n) is 4.49. The molecule has 0 radical (unpaired) electrons. The van der Waals surface area contributed by atoms with Crippen LogP contribution in [0.3, 0.4) is 0 Å². The van der Waals surface area contributed by atoms with Crippen molar-refractivity contribution < 1.29 is 4.74 Å². The van der Waals surface area contributed by atoms with Crippen LogP contribution >= 0.6 is 0 Å². The smallest absolute Gasteiger partial charge is 0.137 e. The van der Waals surface area contributed by atoms with Gasteiger partial charge in [0.15, 0.2) is 0 Å². The third-order valence-electron chi connectivity index (χ3n) is 6.53. The first kappa shape index (κ1) is 21.9. The van der Waals surface area contributed by atoms with Crippen LogP contribution in [0.2, 0.25) is 0 Å². The summed E-state index contributed by atoms with van der Waals surface area (Å²) in [5.41, 5.74) is 3.66. The number of ether oxygens (including phenoxy) is 1. The summed E-state index contributed by atoms with van der Waals surface area (Å²) in [6, 6.07) is 13.1. The molecule has 2 aromatic rings. The average molecular weight is 394 g/mol. The average Bonchev–Trinajstić information content (AvgIpc) is 2.78. The van der Waals surface area contributed by atoms with Crippen molar-refractivity contribution >= 4 is 0 Å². The molecule has 2 heteroatoms. The molecular weight excluding hydrogens is 354 g/mol. The summed E-state index contributed by atoms with van der Waals surface area (Å²) in [6.45, 7) is 5.26. The van der Waals surface area contributed by atoms with Crippen LogP contribution in [0, 0.1) is 11.8 Å². The quantitative estimate of drug-likeness (QED) is 0.362. The topological polar surface area (TPSA) is 22.1 Å². The van der Waals surface area contributed by atoms with Gasteiger partial charge < -0.3 is 4.74 Å². The summed E-state index contributed by atoms with van der Waals surface area (Å²) in [4.78, 5) is 4.58. The van der Waals surface area contributed by atoms with E-state index >= 15 is 0 Å². The summed E-state index contributed by atoms with van der Waals surface area (Å²) >= 11 is 0. The van der Waals surface area contributed by atoms with E-state index in [2.05, 4.69) is 49.2 Å². The molecule has 1 saturated carbocycles. The molecule has 0 amide bonds. The second kappa shape index (κ2) is 12.0. The molecule has 1 aromatic carbocycles. The number of nitrogens with zero attached hydrogens (tertiary/aromatic N) is 1. The summed E-state index contributed by atoms with van der Waals surface area (Å²) in [6.07, 6.45) is 16.7. The van der Waals surface area contributed by atoms with Crippen molar-refractivity contribution in [1.82, 2.24) is 4.98 Å². The minimum atomic E-state index is 0.770. The van der Waals surface area contributed by atoms with Crippen LogP contribution in [0.5, 0.6) is 5.75 Å². The zero-order valence-corrected chi connectivity index (χ0v) is 18.5. The number of aromatic nitrogens is 1. The van der Waals surface area contributed by atoms with Gasteiger partial charge in [0.2, 0.25) is 0 Å². The molecule has 1 aliphatic carbocycles.